The lowest BCUT2D eigenvalue weighted by atomic mass is 10.2. The van der Waals surface area contributed by atoms with Gasteiger partial charge in [-0.15, -0.1) is 10.2 Å². The molecule has 110 valence electrons. The summed E-state index contributed by atoms with van der Waals surface area (Å²) in [7, 11) is 0. The second kappa shape index (κ2) is 6.04. The molecule has 0 radical (unpaired) electrons. The van der Waals surface area contributed by atoms with E-state index in [0.29, 0.717) is 17.2 Å². The van der Waals surface area contributed by atoms with Crippen molar-refractivity contribution in [1.29, 1.82) is 0 Å². The Morgan fingerprint density at radius 3 is 2.73 bits per heavy atom. The zero-order valence-corrected chi connectivity index (χ0v) is 11.7. The molecule has 1 amide bonds. The third-order valence-corrected chi connectivity index (χ3v) is 2.94. The number of hydrogen-bond donors (Lipinski definition) is 2. The molecule has 2 aromatic carbocycles. The van der Waals surface area contributed by atoms with Crippen LogP contribution in [0.4, 0.5) is 11.4 Å². The molecule has 7 nitrogen and oxygen atoms in total. The molecule has 0 aliphatic heterocycles. The monoisotopic (exact) mass is 294 g/mol. The van der Waals surface area contributed by atoms with Gasteiger partial charge >= 0.3 is 0 Å². The number of anilines is 2. The molecule has 3 rings (SSSR count). The van der Waals surface area contributed by atoms with Gasteiger partial charge < -0.3 is 11.1 Å². The predicted molar refractivity (Wildman–Crippen MR) is 82.7 cm³/mol. The molecule has 0 bridgehead atoms. The smallest absolute Gasteiger partial charge is 0.248 e. The summed E-state index contributed by atoms with van der Waals surface area (Å²) in [5, 5.41) is 14.7. The quantitative estimate of drug-likeness (QED) is 0.711. The molecule has 0 atom stereocenters. The molecule has 0 saturated heterocycles. The minimum Gasteiger partial charge on any atom is -0.399 e. The lowest BCUT2D eigenvalue weighted by molar-refractivity contribution is -0.117. The van der Waals surface area contributed by atoms with Crippen LogP contribution in [0.1, 0.15) is 0 Å². The van der Waals surface area contributed by atoms with Crippen molar-refractivity contribution < 1.29 is 4.79 Å². The summed E-state index contributed by atoms with van der Waals surface area (Å²) in [6.45, 7) is -0.0192. The number of carbonyl (C=O) groups excluding carboxylic acids is 1. The Balaban J connectivity index is 1.66. The van der Waals surface area contributed by atoms with Crippen LogP contribution in [0.15, 0.2) is 54.6 Å². The standard InChI is InChI=1S/C15H14N6O/c16-12-7-4-8-13(9-12)17-14(22)10-21-19-15(18-20-21)11-5-2-1-3-6-11/h1-9H,10,16H2,(H,17,22). The molecule has 7 heteroatoms. The number of nitrogens with two attached hydrogens (primary N) is 1. The highest BCUT2D eigenvalue weighted by Crippen LogP contribution is 2.13. The molecule has 3 N–H and O–H groups in total. The van der Waals surface area contributed by atoms with Crippen LogP contribution in [0, 0.1) is 0 Å². The summed E-state index contributed by atoms with van der Waals surface area (Å²) in [5.41, 5.74) is 7.73. The molecule has 0 aliphatic carbocycles. The lowest BCUT2D eigenvalue weighted by Gasteiger charge is -2.04. The number of amides is 1. The first-order valence-corrected chi connectivity index (χ1v) is 6.69. The third-order valence-electron chi connectivity index (χ3n) is 2.94. The summed E-state index contributed by atoms with van der Waals surface area (Å²) in [6, 6.07) is 16.4. The van der Waals surface area contributed by atoms with Crippen molar-refractivity contribution in [3.8, 4) is 11.4 Å². The number of tetrazole rings is 1. The predicted octanol–water partition coefficient (Wildman–Crippen LogP) is 1.56. The Labute approximate surface area is 126 Å². The number of aromatic nitrogens is 4. The summed E-state index contributed by atoms with van der Waals surface area (Å²) < 4.78 is 0. The number of nitrogens with one attached hydrogen (secondary N) is 1. The van der Waals surface area contributed by atoms with Gasteiger partial charge in [-0.25, -0.2) is 0 Å². The van der Waals surface area contributed by atoms with E-state index in [4.69, 9.17) is 5.73 Å². The van der Waals surface area contributed by atoms with Gasteiger partial charge in [-0.1, -0.05) is 36.4 Å². The van der Waals surface area contributed by atoms with Crippen LogP contribution in [0.2, 0.25) is 0 Å². The van der Waals surface area contributed by atoms with E-state index in [1.54, 1.807) is 24.3 Å². The van der Waals surface area contributed by atoms with Crippen LogP contribution in [0.25, 0.3) is 11.4 Å². The molecule has 0 spiro atoms. The first-order chi connectivity index (χ1) is 10.7. The Morgan fingerprint density at radius 1 is 1.14 bits per heavy atom. The molecule has 0 saturated carbocycles. The highest BCUT2D eigenvalue weighted by Gasteiger charge is 2.09. The minimum atomic E-state index is -0.248. The van der Waals surface area contributed by atoms with Crippen LogP contribution >= 0.6 is 0 Å². The Hall–Kier alpha value is -3.22. The van der Waals surface area contributed by atoms with Gasteiger partial charge in [-0.2, -0.15) is 4.80 Å². The molecule has 1 aromatic heterocycles. The number of carbonyl (C=O) groups is 1. The topological polar surface area (TPSA) is 98.7 Å². The number of rotatable bonds is 4. The summed E-state index contributed by atoms with van der Waals surface area (Å²) >= 11 is 0. The molecule has 22 heavy (non-hydrogen) atoms. The summed E-state index contributed by atoms with van der Waals surface area (Å²) in [4.78, 5) is 13.2. The fraction of sp³-hybridized carbons (Fsp3) is 0.0667. The summed E-state index contributed by atoms with van der Waals surface area (Å²) in [6.07, 6.45) is 0. The SMILES string of the molecule is Nc1cccc(NC(=O)Cn2nnc(-c3ccccc3)n2)c1. The van der Waals surface area contributed by atoms with Crippen LogP contribution in [-0.2, 0) is 11.3 Å². The van der Waals surface area contributed by atoms with E-state index in [1.807, 2.05) is 30.3 Å². The van der Waals surface area contributed by atoms with Crippen LogP contribution in [-0.4, -0.2) is 26.1 Å². The molecule has 3 aromatic rings. The molecule has 0 fully saturated rings. The minimum absolute atomic E-state index is 0.0192. The third kappa shape index (κ3) is 3.26. The second-order valence-corrected chi connectivity index (χ2v) is 4.68. The molecule has 1 heterocycles. The maximum Gasteiger partial charge on any atom is 0.248 e. The maximum absolute atomic E-state index is 12.0. The number of nitrogen functional groups attached to an aromatic ring is 1. The highest BCUT2D eigenvalue weighted by atomic mass is 16.2. The van der Waals surface area contributed by atoms with E-state index in [-0.39, 0.29) is 12.5 Å². The first kappa shape index (κ1) is 13.7. The van der Waals surface area contributed by atoms with Gasteiger partial charge in [0.15, 0.2) is 0 Å². The van der Waals surface area contributed by atoms with Crippen molar-refractivity contribution in [3.05, 3.63) is 54.6 Å². The Kier molecular flexibility index (Phi) is 3.78. The number of hydrogen-bond acceptors (Lipinski definition) is 5. The normalized spacial score (nSPS) is 10.4. The van der Waals surface area contributed by atoms with Crippen LogP contribution in [0.3, 0.4) is 0 Å². The van der Waals surface area contributed by atoms with E-state index < -0.39 is 0 Å². The van der Waals surface area contributed by atoms with Crippen molar-refractivity contribution in [3.63, 3.8) is 0 Å². The fourth-order valence-corrected chi connectivity index (χ4v) is 1.96. The zero-order chi connectivity index (χ0) is 15.4. The van der Waals surface area contributed by atoms with E-state index in [9.17, 15) is 4.79 Å². The van der Waals surface area contributed by atoms with Gasteiger partial charge in [0, 0.05) is 16.9 Å². The van der Waals surface area contributed by atoms with Gasteiger partial charge in [0.1, 0.15) is 6.54 Å². The van der Waals surface area contributed by atoms with Gasteiger partial charge in [0.2, 0.25) is 11.7 Å². The van der Waals surface area contributed by atoms with Crippen molar-refractivity contribution in [2.24, 2.45) is 0 Å². The average Bonchev–Trinajstić information content (AvgIpc) is 2.96. The number of benzene rings is 2. The lowest BCUT2D eigenvalue weighted by Crippen LogP contribution is -2.20. The number of nitrogens with zero attached hydrogens (tertiary/aromatic N) is 4. The van der Waals surface area contributed by atoms with Gasteiger partial charge in [-0.05, 0) is 23.4 Å². The first-order valence-electron chi connectivity index (χ1n) is 6.69. The van der Waals surface area contributed by atoms with E-state index in [1.165, 1.54) is 4.80 Å². The van der Waals surface area contributed by atoms with Crippen molar-refractivity contribution in [2.45, 2.75) is 6.54 Å². The largest absolute Gasteiger partial charge is 0.399 e. The maximum atomic E-state index is 12.0. The summed E-state index contributed by atoms with van der Waals surface area (Å²) in [5.74, 6) is 0.236. The molecule has 0 aliphatic rings. The second-order valence-electron chi connectivity index (χ2n) is 4.68. The van der Waals surface area contributed by atoms with Crippen LogP contribution < -0.4 is 11.1 Å². The fourth-order valence-electron chi connectivity index (χ4n) is 1.96. The molecular formula is C15H14N6O. The Morgan fingerprint density at radius 2 is 1.95 bits per heavy atom. The molecule has 0 unspecified atom stereocenters. The zero-order valence-electron chi connectivity index (χ0n) is 11.7. The van der Waals surface area contributed by atoms with Crippen molar-refractivity contribution in [2.75, 3.05) is 11.1 Å². The highest BCUT2D eigenvalue weighted by molar-refractivity contribution is 5.90. The van der Waals surface area contributed by atoms with E-state index in [0.717, 1.165) is 5.56 Å². The van der Waals surface area contributed by atoms with Crippen molar-refractivity contribution in [1.82, 2.24) is 20.2 Å². The van der Waals surface area contributed by atoms with Gasteiger partial charge in [0.25, 0.3) is 0 Å². The average molecular weight is 294 g/mol. The van der Waals surface area contributed by atoms with Crippen LogP contribution in [0.5, 0.6) is 0 Å². The van der Waals surface area contributed by atoms with Gasteiger partial charge in [-0.3, -0.25) is 4.79 Å². The molecular weight excluding hydrogens is 280 g/mol. The van der Waals surface area contributed by atoms with Gasteiger partial charge in [0.05, 0.1) is 0 Å². The van der Waals surface area contributed by atoms with E-state index in [2.05, 4.69) is 20.7 Å². The Bertz CT molecular complexity index is 783. The van der Waals surface area contributed by atoms with Crippen molar-refractivity contribution >= 4 is 17.3 Å². The van der Waals surface area contributed by atoms with E-state index >= 15 is 0 Å².